The normalized spacial score (nSPS) is 14.1. The van der Waals surface area contributed by atoms with E-state index in [0.29, 0.717) is 6.04 Å². The Morgan fingerprint density at radius 2 is 1.96 bits per heavy atom. The smallest absolute Gasteiger partial charge is 0.0731 e. The Bertz CT molecular complexity index is 903. The second-order valence-corrected chi connectivity index (χ2v) is 6.96. The highest BCUT2D eigenvalue weighted by Crippen LogP contribution is 2.32. The number of hydrogen-bond donors (Lipinski definition) is 1. The first-order valence-electron chi connectivity index (χ1n) is 8.27. The molecule has 3 aromatic rings. The molecule has 1 aromatic heterocycles. The van der Waals surface area contributed by atoms with Crippen LogP contribution in [0, 0.1) is 6.92 Å². The summed E-state index contributed by atoms with van der Waals surface area (Å²) >= 11 is 6.16. The van der Waals surface area contributed by atoms with Crippen molar-refractivity contribution in [1.29, 1.82) is 0 Å². The second kappa shape index (κ2) is 6.08. The summed E-state index contributed by atoms with van der Waals surface area (Å²) in [5, 5.41) is 4.02. The standard InChI is InChI=1S/C20H20ClN3/c1-13-6-9-18-17(10-13)20(24(2)23-16-7-8-16)12-19(22-18)14-4-3-5-15(21)11-14/h3-6,9-12,16,23H,7-8H2,1-2H3. The lowest BCUT2D eigenvalue weighted by molar-refractivity contribution is 0.675. The van der Waals surface area contributed by atoms with Crippen LogP contribution in [-0.2, 0) is 0 Å². The van der Waals surface area contributed by atoms with Crippen LogP contribution in [-0.4, -0.2) is 18.1 Å². The molecule has 122 valence electrons. The predicted octanol–water partition coefficient (Wildman–Crippen LogP) is 4.97. The lowest BCUT2D eigenvalue weighted by Gasteiger charge is -2.23. The maximum Gasteiger partial charge on any atom is 0.0731 e. The van der Waals surface area contributed by atoms with Gasteiger partial charge in [0.15, 0.2) is 0 Å². The Labute approximate surface area is 147 Å². The Morgan fingerprint density at radius 3 is 2.71 bits per heavy atom. The van der Waals surface area contributed by atoms with Crippen molar-refractivity contribution >= 4 is 28.2 Å². The summed E-state index contributed by atoms with van der Waals surface area (Å²) in [6.07, 6.45) is 2.49. The maximum atomic E-state index is 6.16. The van der Waals surface area contributed by atoms with Crippen LogP contribution in [0.4, 0.5) is 5.69 Å². The van der Waals surface area contributed by atoms with E-state index in [1.54, 1.807) is 0 Å². The Kier molecular flexibility index (Phi) is 3.91. The first-order valence-corrected chi connectivity index (χ1v) is 8.65. The first-order chi connectivity index (χ1) is 11.6. The van der Waals surface area contributed by atoms with Gasteiger partial charge in [0.2, 0.25) is 0 Å². The average Bonchev–Trinajstić information content (AvgIpc) is 3.37. The molecule has 1 saturated carbocycles. The number of nitrogens with zero attached hydrogens (tertiary/aromatic N) is 2. The van der Waals surface area contributed by atoms with Crippen LogP contribution < -0.4 is 10.4 Å². The molecule has 0 radical (unpaired) electrons. The maximum absolute atomic E-state index is 6.16. The monoisotopic (exact) mass is 337 g/mol. The van der Waals surface area contributed by atoms with Gasteiger partial charge in [0, 0.05) is 29.1 Å². The number of hydrogen-bond acceptors (Lipinski definition) is 3. The molecule has 0 amide bonds. The van der Waals surface area contributed by atoms with E-state index in [2.05, 4.69) is 48.7 Å². The third-order valence-corrected chi connectivity index (χ3v) is 4.61. The zero-order chi connectivity index (χ0) is 16.7. The van der Waals surface area contributed by atoms with Gasteiger partial charge in [0.25, 0.3) is 0 Å². The van der Waals surface area contributed by atoms with Crippen LogP contribution in [0.5, 0.6) is 0 Å². The molecule has 24 heavy (non-hydrogen) atoms. The SMILES string of the molecule is Cc1ccc2nc(-c3cccc(Cl)c3)cc(N(C)NC3CC3)c2c1. The molecule has 0 aliphatic heterocycles. The molecule has 0 atom stereocenters. The van der Waals surface area contributed by atoms with E-state index in [0.717, 1.165) is 32.9 Å². The van der Waals surface area contributed by atoms with Gasteiger partial charge in [0.05, 0.1) is 16.9 Å². The van der Waals surface area contributed by atoms with Crippen LogP contribution in [0.15, 0.2) is 48.5 Å². The van der Waals surface area contributed by atoms with E-state index in [1.165, 1.54) is 18.4 Å². The van der Waals surface area contributed by atoms with Crippen LogP contribution in [0.1, 0.15) is 18.4 Å². The lowest BCUT2D eigenvalue weighted by Crippen LogP contribution is -2.36. The molecule has 1 N–H and O–H groups in total. The topological polar surface area (TPSA) is 28.2 Å². The minimum atomic E-state index is 0.595. The Morgan fingerprint density at radius 1 is 1.12 bits per heavy atom. The van der Waals surface area contributed by atoms with Crippen LogP contribution in [0.2, 0.25) is 5.02 Å². The summed E-state index contributed by atoms with van der Waals surface area (Å²) in [4.78, 5) is 4.85. The van der Waals surface area contributed by atoms with Crippen LogP contribution in [0.3, 0.4) is 0 Å². The van der Waals surface area contributed by atoms with Crippen molar-refractivity contribution in [3.8, 4) is 11.3 Å². The molecular formula is C20H20ClN3. The third-order valence-electron chi connectivity index (χ3n) is 4.38. The molecule has 0 bridgehead atoms. The molecule has 1 fully saturated rings. The van der Waals surface area contributed by atoms with Crippen LogP contribution in [0.25, 0.3) is 22.2 Å². The fourth-order valence-electron chi connectivity index (χ4n) is 2.95. The van der Waals surface area contributed by atoms with Crippen molar-refractivity contribution in [1.82, 2.24) is 10.4 Å². The predicted molar refractivity (Wildman–Crippen MR) is 101 cm³/mol. The van der Waals surface area contributed by atoms with Crippen LogP contribution >= 0.6 is 11.6 Å². The average molecular weight is 338 g/mol. The molecule has 0 unspecified atom stereocenters. The zero-order valence-electron chi connectivity index (χ0n) is 13.9. The van der Waals surface area contributed by atoms with E-state index in [-0.39, 0.29) is 0 Å². The molecule has 0 saturated heterocycles. The van der Waals surface area contributed by atoms with Gasteiger partial charge >= 0.3 is 0 Å². The highest BCUT2D eigenvalue weighted by atomic mass is 35.5. The number of benzene rings is 2. The van der Waals surface area contributed by atoms with Gasteiger partial charge < -0.3 is 5.01 Å². The van der Waals surface area contributed by atoms with Crippen molar-refractivity contribution in [2.45, 2.75) is 25.8 Å². The van der Waals surface area contributed by atoms with Crippen molar-refractivity contribution in [3.05, 3.63) is 59.1 Å². The number of rotatable bonds is 4. The summed E-state index contributed by atoms with van der Waals surface area (Å²) in [5.74, 6) is 0. The van der Waals surface area contributed by atoms with Gasteiger partial charge in [-0.3, -0.25) is 0 Å². The van der Waals surface area contributed by atoms with Crippen molar-refractivity contribution in [3.63, 3.8) is 0 Å². The summed E-state index contributed by atoms with van der Waals surface area (Å²) < 4.78 is 0. The van der Waals surface area contributed by atoms with Gasteiger partial charge in [-0.1, -0.05) is 35.4 Å². The summed E-state index contributed by atoms with van der Waals surface area (Å²) in [6, 6.07) is 17.0. The van der Waals surface area contributed by atoms with Gasteiger partial charge in [-0.15, -0.1) is 0 Å². The highest BCUT2D eigenvalue weighted by molar-refractivity contribution is 6.30. The van der Waals surface area contributed by atoms with Crippen molar-refractivity contribution < 1.29 is 0 Å². The lowest BCUT2D eigenvalue weighted by atomic mass is 10.1. The molecule has 2 aromatic carbocycles. The van der Waals surface area contributed by atoms with Gasteiger partial charge in [0.1, 0.15) is 0 Å². The molecular weight excluding hydrogens is 318 g/mol. The van der Waals surface area contributed by atoms with Crippen molar-refractivity contribution in [2.24, 2.45) is 0 Å². The molecule has 1 aliphatic carbocycles. The van der Waals surface area contributed by atoms with Crippen molar-refractivity contribution in [2.75, 3.05) is 12.1 Å². The molecule has 1 aliphatic rings. The van der Waals surface area contributed by atoms with E-state index in [9.17, 15) is 0 Å². The number of aryl methyl sites for hydroxylation is 1. The molecule has 4 rings (SSSR count). The number of halogens is 1. The van der Waals surface area contributed by atoms with Gasteiger partial charge in [-0.2, -0.15) is 0 Å². The molecule has 0 spiro atoms. The Hall–Kier alpha value is -2.10. The third kappa shape index (κ3) is 3.10. The number of pyridine rings is 1. The van der Waals surface area contributed by atoms with E-state index in [1.807, 2.05) is 24.3 Å². The minimum absolute atomic E-state index is 0.595. The summed E-state index contributed by atoms with van der Waals surface area (Å²) in [7, 11) is 2.08. The van der Waals surface area contributed by atoms with Gasteiger partial charge in [-0.25, -0.2) is 10.4 Å². The fourth-order valence-corrected chi connectivity index (χ4v) is 3.14. The largest absolute Gasteiger partial charge is 0.310 e. The minimum Gasteiger partial charge on any atom is -0.310 e. The quantitative estimate of drug-likeness (QED) is 0.681. The number of nitrogens with one attached hydrogen (secondary N) is 1. The molecule has 4 heteroatoms. The number of aromatic nitrogens is 1. The van der Waals surface area contributed by atoms with E-state index in [4.69, 9.17) is 16.6 Å². The zero-order valence-corrected chi connectivity index (χ0v) is 14.6. The number of hydrazine groups is 1. The summed E-state index contributed by atoms with van der Waals surface area (Å²) in [5.41, 5.74) is 8.90. The molecule has 1 heterocycles. The summed E-state index contributed by atoms with van der Waals surface area (Å²) in [6.45, 7) is 2.11. The number of anilines is 1. The molecule has 3 nitrogen and oxygen atoms in total. The highest BCUT2D eigenvalue weighted by Gasteiger charge is 2.23. The van der Waals surface area contributed by atoms with E-state index < -0.39 is 0 Å². The second-order valence-electron chi connectivity index (χ2n) is 6.52. The van der Waals surface area contributed by atoms with Gasteiger partial charge in [-0.05, 0) is 50.1 Å². The first kappa shape index (κ1) is 15.4. The Balaban J connectivity index is 1.87. The number of fused-ring (bicyclic) bond motifs is 1. The fraction of sp³-hybridized carbons (Fsp3) is 0.250. The van der Waals surface area contributed by atoms with E-state index >= 15 is 0 Å².